The van der Waals surface area contributed by atoms with Gasteiger partial charge in [-0.15, -0.1) is 0 Å². The molecule has 1 rings (SSSR count). The van der Waals surface area contributed by atoms with E-state index in [2.05, 4.69) is 0 Å². The average molecular weight is 159 g/mol. The Bertz CT molecular complexity index is 108. The van der Waals surface area contributed by atoms with Gasteiger partial charge in [0.1, 0.15) is 0 Å². The Morgan fingerprint density at radius 1 is 1.36 bits per heavy atom. The van der Waals surface area contributed by atoms with Crippen molar-refractivity contribution in [2.24, 2.45) is 5.73 Å². The highest BCUT2D eigenvalue weighted by Crippen LogP contribution is 2.20. The molecule has 3 nitrogen and oxygen atoms in total. The van der Waals surface area contributed by atoms with E-state index in [1.165, 1.54) is 6.42 Å². The number of rotatable bonds is 3. The van der Waals surface area contributed by atoms with Gasteiger partial charge < -0.3 is 15.6 Å². The third-order valence-corrected chi connectivity index (χ3v) is 2.12. The summed E-state index contributed by atoms with van der Waals surface area (Å²) in [4.78, 5) is 0. The first-order chi connectivity index (χ1) is 5.34. The van der Waals surface area contributed by atoms with Crippen LogP contribution in [0, 0.1) is 0 Å². The highest BCUT2D eigenvalue weighted by Gasteiger charge is 2.22. The van der Waals surface area contributed by atoms with Gasteiger partial charge in [-0.3, -0.25) is 0 Å². The van der Waals surface area contributed by atoms with Crippen molar-refractivity contribution >= 4 is 0 Å². The van der Waals surface area contributed by atoms with Crippen LogP contribution in [0.4, 0.5) is 0 Å². The van der Waals surface area contributed by atoms with Crippen molar-refractivity contribution in [1.29, 1.82) is 0 Å². The van der Waals surface area contributed by atoms with E-state index >= 15 is 0 Å². The fraction of sp³-hybridized carbons (Fsp3) is 1.00. The van der Waals surface area contributed by atoms with Crippen LogP contribution < -0.4 is 5.73 Å². The molecule has 2 atom stereocenters. The largest absolute Gasteiger partial charge is 0.390 e. The fourth-order valence-corrected chi connectivity index (χ4v) is 1.49. The number of aliphatic hydroxyl groups excluding tert-OH is 1. The van der Waals surface area contributed by atoms with Gasteiger partial charge in [0, 0.05) is 6.54 Å². The summed E-state index contributed by atoms with van der Waals surface area (Å²) < 4.78 is 5.37. The molecule has 0 radical (unpaired) electrons. The van der Waals surface area contributed by atoms with Gasteiger partial charge in [-0.2, -0.15) is 0 Å². The molecule has 0 amide bonds. The minimum Gasteiger partial charge on any atom is -0.390 e. The second kappa shape index (κ2) is 4.70. The van der Waals surface area contributed by atoms with Crippen LogP contribution in [0.25, 0.3) is 0 Å². The second-order valence-electron chi connectivity index (χ2n) is 3.05. The van der Waals surface area contributed by atoms with Crippen LogP contribution in [0.15, 0.2) is 0 Å². The first kappa shape index (κ1) is 8.97. The molecule has 0 aromatic carbocycles. The Morgan fingerprint density at radius 2 is 2.09 bits per heavy atom. The van der Waals surface area contributed by atoms with Gasteiger partial charge >= 0.3 is 0 Å². The maximum absolute atomic E-state index is 9.43. The van der Waals surface area contributed by atoms with Crippen molar-refractivity contribution < 1.29 is 9.84 Å². The van der Waals surface area contributed by atoms with E-state index in [4.69, 9.17) is 10.5 Å². The van der Waals surface area contributed by atoms with Gasteiger partial charge in [0.15, 0.2) is 0 Å². The monoisotopic (exact) mass is 159 g/mol. The predicted octanol–water partition coefficient (Wildman–Crippen LogP) is 0.265. The summed E-state index contributed by atoms with van der Waals surface area (Å²) in [5, 5.41) is 9.43. The van der Waals surface area contributed by atoms with Crippen LogP contribution in [-0.4, -0.2) is 30.5 Å². The number of aliphatic hydroxyl groups is 1. The zero-order valence-electron chi connectivity index (χ0n) is 6.83. The summed E-state index contributed by atoms with van der Waals surface area (Å²) in [6, 6.07) is 0. The first-order valence-corrected chi connectivity index (χ1v) is 4.34. The Morgan fingerprint density at radius 3 is 2.73 bits per heavy atom. The van der Waals surface area contributed by atoms with E-state index < -0.39 is 0 Å². The molecule has 0 bridgehead atoms. The average Bonchev–Trinajstić information content (AvgIpc) is 2.03. The molecule has 66 valence electrons. The number of ether oxygens (including phenoxy) is 1. The van der Waals surface area contributed by atoms with Crippen molar-refractivity contribution in [3.63, 3.8) is 0 Å². The third-order valence-electron chi connectivity index (χ3n) is 2.12. The predicted molar refractivity (Wildman–Crippen MR) is 43.3 cm³/mol. The maximum Gasteiger partial charge on any atom is 0.0834 e. The summed E-state index contributed by atoms with van der Waals surface area (Å²) in [5.41, 5.74) is 5.28. The lowest BCUT2D eigenvalue weighted by molar-refractivity contribution is -0.0558. The third kappa shape index (κ3) is 2.77. The minimum atomic E-state index is -0.254. The van der Waals surface area contributed by atoms with Gasteiger partial charge in [0.25, 0.3) is 0 Å². The summed E-state index contributed by atoms with van der Waals surface area (Å²) in [5.74, 6) is 0. The highest BCUT2D eigenvalue weighted by molar-refractivity contribution is 4.74. The normalized spacial score (nSPS) is 32.2. The van der Waals surface area contributed by atoms with E-state index in [1.807, 2.05) is 0 Å². The molecule has 1 fully saturated rings. The molecule has 1 saturated carbocycles. The summed E-state index contributed by atoms with van der Waals surface area (Å²) >= 11 is 0. The smallest absolute Gasteiger partial charge is 0.0834 e. The van der Waals surface area contributed by atoms with Gasteiger partial charge in [-0.1, -0.05) is 12.8 Å². The molecule has 1 aliphatic rings. The molecule has 0 spiro atoms. The zero-order chi connectivity index (χ0) is 8.10. The van der Waals surface area contributed by atoms with Crippen LogP contribution in [-0.2, 0) is 4.74 Å². The molecular weight excluding hydrogens is 142 g/mol. The second-order valence-corrected chi connectivity index (χ2v) is 3.05. The Kier molecular flexibility index (Phi) is 3.83. The molecule has 0 aromatic rings. The topological polar surface area (TPSA) is 55.5 Å². The SMILES string of the molecule is NCCOC1CCCCC1O. The highest BCUT2D eigenvalue weighted by atomic mass is 16.5. The molecular formula is C8H17NO2. The quantitative estimate of drug-likeness (QED) is 0.621. The van der Waals surface area contributed by atoms with Crippen molar-refractivity contribution in [2.75, 3.05) is 13.2 Å². The first-order valence-electron chi connectivity index (χ1n) is 4.34. The Labute approximate surface area is 67.5 Å². The van der Waals surface area contributed by atoms with E-state index in [0.717, 1.165) is 19.3 Å². The molecule has 0 aliphatic heterocycles. The number of hydrogen-bond acceptors (Lipinski definition) is 3. The molecule has 3 N–H and O–H groups in total. The molecule has 0 saturated heterocycles. The van der Waals surface area contributed by atoms with E-state index in [-0.39, 0.29) is 12.2 Å². The standard InChI is InChI=1S/C8H17NO2/c9-5-6-11-8-4-2-1-3-7(8)10/h7-8,10H,1-6,9H2. The van der Waals surface area contributed by atoms with E-state index in [9.17, 15) is 5.11 Å². The zero-order valence-corrected chi connectivity index (χ0v) is 6.83. The van der Waals surface area contributed by atoms with Gasteiger partial charge in [0.05, 0.1) is 18.8 Å². The van der Waals surface area contributed by atoms with Crippen LogP contribution in [0.3, 0.4) is 0 Å². The van der Waals surface area contributed by atoms with Gasteiger partial charge in [-0.25, -0.2) is 0 Å². The molecule has 1 aliphatic carbocycles. The summed E-state index contributed by atoms with van der Waals surface area (Å²) in [7, 11) is 0. The number of nitrogens with two attached hydrogens (primary N) is 1. The van der Waals surface area contributed by atoms with Gasteiger partial charge in [0.2, 0.25) is 0 Å². The van der Waals surface area contributed by atoms with Crippen LogP contribution in [0.5, 0.6) is 0 Å². The molecule has 2 unspecified atom stereocenters. The maximum atomic E-state index is 9.43. The summed E-state index contributed by atoms with van der Waals surface area (Å²) in [6.07, 6.45) is 3.97. The Balaban J connectivity index is 2.18. The molecule has 3 heteroatoms. The van der Waals surface area contributed by atoms with Crippen molar-refractivity contribution in [3.8, 4) is 0 Å². The van der Waals surface area contributed by atoms with Crippen LogP contribution in [0.1, 0.15) is 25.7 Å². The number of hydrogen-bond donors (Lipinski definition) is 2. The van der Waals surface area contributed by atoms with E-state index in [1.54, 1.807) is 0 Å². The minimum absolute atomic E-state index is 0.0484. The molecule has 0 heterocycles. The van der Waals surface area contributed by atoms with Gasteiger partial charge in [-0.05, 0) is 12.8 Å². The molecule has 11 heavy (non-hydrogen) atoms. The molecule has 0 aromatic heterocycles. The lowest BCUT2D eigenvalue weighted by Crippen LogP contribution is -2.33. The van der Waals surface area contributed by atoms with Crippen LogP contribution >= 0.6 is 0 Å². The van der Waals surface area contributed by atoms with Crippen molar-refractivity contribution in [1.82, 2.24) is 0 Å². The van der Waals surface area contributed by atoms with E-state index in [0.29, 0.717) is 13.2 Å². The summed E-state index contributed by atoms with van der Waals surface area (Å²) in [6.45, 7) is 1.12. The van der Waals surface area contributed by atoms with Crippen LogP contribution in [0.2, 0.25) is 0 Å². The lowest BCUT2D eigenvalue weighted by atomic mass is 9.95. The Hall–Kier alpha value is -0.120. The van der Waals surface area contributed by atoms with Crippen molar-refractivity contribution in [3.05, 3.63) is 0 Å². The lowest BCUT2D eigenvalue weighted by Gasteiger charge is -2.27. The van der Waals surface area contributed by atoms with Crippen molar-refractivity contribution in [2.45, 2.75) is 37.9 Å². The fourth-order valence-electron chi connectivity index (χ4n) is 1.49.